The summed E-state index contributed by atoms with van der Waals surface area (Å²) in [5.41, 5.74) is -2.10. The molecule has 0 aliphatic carbocycles. The average Bonchev–Trinajstić information content (AvgIpc) is 3.07. The van der Waals surface area contributed by atoms with Gasteiger partial charge in [-0.15, -0.1) is 0 Å². The monoisotopic (exact) mass is 550 g/mol. The number of likely N-dealkylation sites (tertiary alicyclic amines) is 1. The molecule has 0 bridgehead atoms. The van der Waals surface area contributed by atoms with Crippen molar-refractivity contribution in [3.8, 4) is 0 Å². The number of hydrogen-bond donors (Lipinski definition) is 0. The van der Waals surface area contributed by atoms with Gasteiger partial charge in [-0.3, -0.25) is 4.79 Å². The fourth-order valence-corrected chi connectivity index (χ4v) is 4.95. The quantitative estimate of drug-likeness (QED) is 0.281. The van der Waals surface area contributed by atoms with E-state index in [0.717, 1.165) is 44.6 Å². The molecule has 1 saturated heterocycles. The highest BCUT2D eigenvalue weighted by molar-refractivity contribution is 6.07. The minimum absolute atomic E-state index is 0.0294. The Morgan fingerprint density at radius 1 is 0.947 bits per heavy atom. The predicted molar refractivity (Wildman–Crippen MR) is 133 cm³/mol. The molecule has 1 spiro atoms. The molecular weight excluding hydrogens is 514 g/mol. The summed E-state index contributed by atoms with van der Waals surface area (Å²) in [6.07, 6.45) is -6.87. The molecular formula is C27H36F6N2O3. The van der Waals surface area contributed by atoms with Crippen LogP contribution < -0.4 is 4.90 Å². The molecule has 1 aromatic rings. The number of carbonyl (C=O) groups is 2. The normalized spacial score (nSPS) is 17.8. The first-order valence-corrected chi connectivity index (χ1v) is 12.8. The van der Waals surface area contributed by atoms with Crippen LogP contribution in [0.4, 0.5) is 32.0 Å². The molecule has 11 heteroatoms. The lowest BCUT2D eigenvalue weighted by Crippen LogP contribution is -2.46. The maximum absolute atomic E-state index is 12.8. The summed E-state index contributed by atoms with van der Waals surface area (Å²) < 4.78 is 82.2. The molecule has 1 aromatic carbocycles. The van der Waals surface area contributed by atoms with Gasteiger partial charge in [-0.25, -0.2) is 4.79 Å². The van der Waals surface area contributed by atoms with Crippen molar-refractivity contribution in [2.45, 2.75) is 78.3 Å². The van der Waals surface area contributed by atoms with Crippen molar-refractivity contribution in [2.24, 2.45) is 0 Å². The minimum atomic E-state index is -4.81. The number of ketones is 1. The Morgan fingerprint density at radius 2 is 1.42 bits per heavy atom. The molecule has 2 aliphatic heterocycles. The van der Waals surface area contributed by atoms with Crippen molar-refractivity contribution in [3.05, 3.63) is 40.5 Å². The van der Waals surface area contributed by atoms with Crippen LogP contribution in [-0.2, 0) is 26.7 Å². The van der Waals surface area contributed by atoms with E-state index >= 15 is 0 Å². The molecule has 2 heterocycles. The van der Waals surface area contributed by atoms with Crippen LogP contribution >= 0.6 is 0 Å². The van der Waals surface area contributed by atoms with E-state index in [9.17, 15) is 35.9 Å². The number of alkyl halides is 6. The molecule has 0 unspecified atom stereocenters. The molecule has 5 nitrogen and oxygen atoms in total. The van der Waals surface area contributed by atoms with Crippen molar-refractivity contribution in [1.82, 2.24) is 4.90 Å². The van der Waals surface area contributed by atoms with E-state index in [1.807, 2.05) is 13.8 Å². The number of piperidine rings is 1. The molecule has 1 fully saturated rings. The van der Waals surface area contributed by atoms with Gasteiger partial charge in [0, 0.05) is 55.9 Å². The fourth-order valence-electron chi connectivity index (χ4n) is 4.95. The molecule has 0 aromatic heterocycles. The molecule has 0 atom stereocenters. The van der Waals surface area contributed by atoms with Gasteiger partial charge in [0.25, 0.3) is 0 Å². The van der Waals surface area contributed by atoms with Crippen LogP contribution in [0.3, 0.4) is 0 Å². The minimum Gasteiger partial charge on any atom is -0.451 e. The molecule has 38 heavy (non-hydrogen) atoms. The van der Waals surface area contributed by atoms with E-state index in [0.29, 0.717) is 37.1 Å². The zero-order valence-electron chi connectivity index (χ0n) is 22.5. The van der Waals surface area contributed by atoms with E-state index in [4.69, 9.17) is 4.74 Å². The standard InChI is InChI=1S/C14H17F6N.C13H19NO3/c1-3-5-21(6-4-2)12-8-10(13(15,16)17)7-11(9-12)14(18,19)20;1-4-14-7-5-13(6-8-14)11(10(3)15)9(2)12(16)17-13/h7-9H,3-6H2,1-2H3;4-8H2,1-3H3. The number of esters is 1. The lowest BCUT2D eigenvalue weighted by atomic mass is 9.81. The Hall–Kier alpha value is -2.56. The number of carbonyl (C=O) groups excluding carboxylic acids is 2. The number of benzene rings is 1. The smallest absolute Gasteiger partial charge is 0.416 e. The Balaban J connectivity index is 0.000000272. The second-order valence-electron chi connectivity index (χ2n) is 9.63. The lowest BCUT2D eigenvalue weighted by molar-refractivity contribution is -0.150. The first-order valence-electron chi connectivity index (χ1n) is 12.8. The van der Waals surface area contributed by atoms with E-state index in [2.05, 4.69) is 11.8 Å². The Bertz CT molecular complexity index is 986. The van der Waals surface area contributed by atoms with E-state index in [1.54, 1.807) is 11.8 Å². The van der Waals surface area contributed by atoms with Crippen LogP contribution in [-0.4, -0.2) is 55.0 Å². The third kappa shape index (κ3) is 7.51. The van der Waals surface area contributed by atoms with Crippen LogP contribution in [0, 0.1) is 0 Å². The van der Waals surface area contributed by atoms with Gasteiger partial charge in [0.05, 0.1) is 11.1 Å². The highest BCUT2D eigenvalue weighted by Gasteiger charge is 2.49. The number of hydrogen-bond acceptors (Lipinski definition) is 5. The van der Waals surface area contributed by atoms with Crippen LogP contribution in [0.15, 0.2) is 29.3 Å². The molecule has 214 valence electrons. The highest BCUT2D eigenvalue weighted by atomic mass is 19.4. The number of nitrogens with zero attached hydrogens (tertiary/aromatic N) is 2. The van der Waals surface area contributed by atoms with Gasteiger partial charge in [0.1, 0.15) is 5.60 Å². The van der Waals surface area contributed by atoms with Crippen molar-refractivity contribution >= 4 is 17.4 Å². The van der Waals surface area contributed by atoms with Gasteiger partial charge in [-0.2, -0.15) is 26.3 Å². The number of Topliss-reactive ketones (excluding diaryl/α,β-unsaturated/α-hetero) is 1. The molecule has 0 saturated carbocycles. The van der Waals surface area contributed by atoms with Crippen LogP contribution in [0.25, 0.3) is 0 Å². The second-order valence-corrected chi connectivity index (χ2v) is 9.63. The Kier molecular flexibility index (Phi) is 10.4. The van der Waals surface area contributed by atoms with Gasteiger partial charge in [0.15, 0.2) is 5.78 Å². The lowest BCUT2D eigenvalue weighted by Gasteiger charge is -2.38. The SMILES string of the molecule is CCCN(CCC)c1cc(C(F)(F)F)cc(C(F)(F)F)c1.CCN1CCC2(CC1)OC(=O)C(C)=C2C(C)=O. The molecule has 3 rings (SSSR count). The van der Waals surface area contributed by atoms with Gasteiger partial charge in [0.2, 0.25) is 0 Å². The van der Waals surface area contributed by atoms with Crippen LogP contribution in [0.5, 0.6) is 0 Å². The number of anilines is 1. The molecule has 0 N–H and O–H groups in total. The summed E-state index contributed by atoms with van der Waals surface area (Å²) in [5.74, 6) is -0.349. The zero-order valence-corrected chi connectivity index (χ0v) is 22.5. The van der Waals surface area contributed by atoms with Crippen molar-refractivity contribution < 1.29 is 40.7 Å². The maximum atomic E-state index is 12.8. The Labute approximate surface area is 219 Å². The number of rotatable bonds is 7. The third-order valence-corrected chi connectivity index (χ3v) is 6.81. The zero-order chi connectivity index (χ0) is 28.9. The number of ether oxygens (including phenoxy) is 1. The summed E-state index contributed by atoms with van der Waals surface area (Å²) in [5, 5.41) is 0. The largest absolute Gasteiger partial charge is 0.451 e. The first-order chi connectivity index (χ1) is 17.6. The molecule has 2 aliphatic rings. The summed E-state index contributed by atoms with van der Waals surface area (Å²) in [7, 11) is 0. The van der Waals surface area contributed by atoms with E-state index in [-0.39, 0.29) is 23.5 Å². The van der Waals surface area contributed by atoms with Crippen molar-refractivity contribution in [3.63, 3.8) is 0 Å². The average molecular weight is 551 g/mol. The van der Waals surface area contributed by atoms with Gasteiger partial charge < -0.3 is 14.5 Å². The fraction of sp³-hybridized carbons (Fsp3) is 0.630. The van der Waals surface area contributed by atoms with Crippen LogP contribution in [0.1, 0.15) is 71.4 Å². The van der Waals surface area contributed by atoms with Gasteiger partial charge in [-0.1, -0.05) is 20.8 Å². The highest BCUT2D eigenvalue weighted by Crippen LogP contribution is 2.41. The van der Waals surface area contributed by atoms with E-state index < -0.39 is 29.1 Å². The predicted octanol–water partition coefficient (Wildman–Crippen LogP) is 6.65. The van der Waals surface area contributed by atoms with E-state index in [1.165, 1.54) is 6.92 Å². The topological polar surface area (TPSA) is 49.9 Å². The number of halogens is 6. The Morgan fingerprint density at radius 3 is 1.79 bits per heavy atom. The second kappa shape index (κ2) is 12.5. The molecule has 0 radical (unpaired) electrons. The molecule has 0 amide bonds. The first kappa shape index (κ1) is 31.7. The summed E-state index contributed by atoms with van der Waals surface area (Å²) in [4.78, 5) is 27.2. The summed E-state index contributed by atoms with van der Waals surface area (Å²) in [6, 6.07) is 1.71. The maximum Gasteiger partial charge on any atom is 0.416 e. The van der Waals surface area contributed by atoms with Crippen molar-refractivity contribution in [1.29, 1.82) is 0 Å². The summed E-state index contributed by atoms with van der Waals surface area (Å²) in [6.45, 7) is 12.6. The summed E-state index contributed by atoms with van der Waals surface area (Å²) >= 11 is 0. The third-order valence-electron chi connectivity index (χ3n) is 6.81. The van der Waals surface area contributed by atoms with Crippen LogP contribution in [0.2, 0.25) is 0 Å². The van der Waals surface area contributed by atoms with Crippen molar-refractivity contribution in [2.75, 3.05) is 37.6 Å². The van der Waals surface area contributed by atoms with Gasteiger partial charge in [-0.05, 0) is 51.4 Å². The van der Waals surface area contributed by atoms with Gasteiger partial charge >= 0.3 is 18.3 Å².